The third-order valence-electron chi connectivity index (χ3n) is 3.89. The van der Waals surface area contributed by atoms with E-state index in [2.05, 4.69) is 10.6 Å². The lowest BCUT2D eigenvalue weighted by Gasteiger charge is -2.32. The second-order valence-electron chi connectivity index (χ2n) is 5.51. The monoisotopic (exact) mass is 313 g/mol. The molecule has 0 bridgehead atoms. The van der Waals surface area contributed by atoms with Crippen LogP contribution < -0.4 is 10.6 Å². The third-order valence-corrected chi connectivity index (χ3v) is 3.89. The van der Waals surface area contributed by atoms with Crippen LogP contribution in [0.3, 0.4) is 0 Å². The van der Waals surface area contributed by atoms with Gasteiger partial charge in [-0.1, -0.05) is 18.2 Å². The molecule has 0 unspecified atom stereocenters. The Labute approximate surface area is 134 Å². The Morgan fingerprint density at radius 3 is 2.43 bits per heavy atom. The van der Waals surface area contributed by atoms with Crippen molar-refractivity contribution < 1.29 is 14.0 Å². The molecule has 1 fully saturated rings. The van der Waals surface area contributed by atoms with Gasteiger partial charge in [-0.2, -0.15) is 0 Å². The smallest absolute Gasteiger partial charge is 0.321 e. The number of benzene rings is 1. The molecule has 120 valence electrons. The van der Waals surface area contributed by atoms with Crippen LogP contribution in [0, 0.1) is 0 Å². The van der Waals surface area contributed by atoms with Gasteiger partial charge in [0.25, 0.3) is 5.91 Å². The van der Waals surface area contributed by atoms with E-state index in [4.69, 9.17) is 4.42 Å². The predicted octanol–water partition coefficient (Wildman–Crippen LogP) is 2.71. The van der Waals surface area contributed by atoms with Crippen molar-refractivity contribution in [2.75, 3.05) is 18.4 Å². The van der Waals surface area contributed by atoms with Crippen LogP contribution in [-0.2, 0) is 0 Å². The zero-order valence-corrected chi connectivity index (χ0v) is 12.7. The number of rotatable bonds is 3. The van der Waals surface area contributed by atoms with E-state index >= 15 is 0 Å². The van der Waals surface area contributed by atoms with Crippen molar-refractivity contribution in [1.29, 1.82) is 0 Å². The molecule has 1 saturated heterocycles. The van der Waals surface area contributed by atoms with Gasteiger partial charge in [0, 0.05) is 24.8 Å². The highest BCUT2D eigenvalue weighted by Crippen LogP contribution is 2.14. The minimum Gasteiger partial charge on any atom is -0.459 e. The molecule has 1 aliphatic rings. The SMILES string of the molecule is O=C(NC1CCN(C(=O)Nc2ccccc2)CC1)c1ccco1. The second kappa shape index (κ2) is 7.00. The lowest BCUT2D eigenvalue weighted by Crippen LogP contribution is -2.47. The maximum atomic E-state index is 12.2. The number of nitrogens with one attached hydrogen (secondary N) is 2. The lowest BCUT2D eigenvalue weighted by molar-refractivity contribution is 0.0891. The number of hydrogen-bond acceptors (Lipinski definition) is 3. The Balaban J connectivity index is 1.46. The zero-order chi connectivity index (χ0) is 16.1. The highest BCUT2D eigenvalue weighted by atomic mass is 16.3. The van der Waals surface area contributed by atoms with Crippen molar-refractivity contribution in [2.45, 2.75) is 18.9 Å². The molecule has 0 aliphatic carbocycles. The van der Waals surface area contributed by atoms with Crippen molar-refractivity contribution >= 4 is 17.6 Å². The first-order valence-electron chi connectivity index (χ1n) is 7.68. The summed E-state index contributed by atoms with van der Waals surface area (Å²) in [5, 5.41) is 5.81. The molecule has 1 aliphatic heterocycles. The minimum absolute atomic E-state index is 0.0633. The Bertz CT molecular complexity index is 647. The van der Waals surface area contributed by atoms with Crippen molar-refractivity contribution in [1.82, 2.24) is 10.2 Å². The van der Waals surface area contributed by atoms with Crippen LogP contribution in [0.5, 0.6) is 0 Å². The summed E-state index contributed by atoms with van der Waals surface area (Å²) in [6.07, 6.45) is 2.94. The summed E-state index contributed by atoms with van der Waals surface area (Å²) in [6, 6.07) is 12.7. The number of para-hydroxylation sites is 1. The molecule has 0 spiro atoms. The van der Waals surface area contributed by atoms with E-state index in [9.17, 15) is 9.59 Å². The Morgan fingerprint density at radius 1 is 1.04 bits per heavy atom. The number of piperidine rings is 1. The molecule has 2 heterocycles. The zero-order valence-electron chi connectivity index (χ0n) is 12.7. The fourth-order valence-corrected chi connectivity index (χ4v) is 2.62. The second-order valence-corrected chi connectivity index (χ2v) is 5.51. The van der Waals surface area contributed by atoms with Crippen molar-refractivity contribution in [3.63, 3.8) is 0 Å². The minimum atomic E-state index is -0.206. The van der Waals surface area contributed by atoms with Crippen molar-refractivity contribution in [3.05, 3.63) is 54.5 Å². The van der Waals surface area contributed by atoms with E-state index < -0.39 is 0 Å². The average Bonchev–Trinajstić information content (AvgIpc) is 3.11. The average molecular weight is 313 g/mol. The number of urea groups is 1. The third kappa shape index (κ3) is 3.91. The fourth-order valence-electron chi connectivity index (χ4n) is 2.62. The van der Waals surface area contributed by atoms with Gasteiger partial charge in [0.1, 0.15) is 0 Å². The fraction of sp³-hybridized carbons (Fsp3) is 0.294. The first-order valence-corrected chi connectivity index (χ1v) is 7.68. The van der Waals surface area contributed by atoms with E-state index in [1.165, 1.54) is 6.26 Å². The van der Waals surface area contributed by atoms with E-state index in [0.29, 0.717) is 18.8 Å². The number of nitrogens with zero attached hydrogens (tertiary/aromatic N) is 1. The summed E-state index contributed by atoms with van der Waals surface area (Å²) < 4.78 is 5.08. The molecule has 1 aromatic carbocycles. The van der Waals surface area contributed by atoms with Crippen LogP contribution in [0.25, 0.3) is 0 Å². The van der Waals surface area contributed by atoms with Crippen LogP contribution in [0.2, 0.25) is 0 Å². The first kappa shape index (κ1) is 15.1. The molecule has 23 heavy (non-hydrogen) atoms. The predicted molar refractivity (Wildman–Crippen MR) is 86.2 cm³/mol. The maximum Gasteiger partial charge on any atom is 0.321 e. The largest absolute Gasteiger partial charge is 0.459 e. The van der Waals surface area contributed by atoms with Crippen LogP contribution in [0.4, 0.5) is 10.5 Å². The highest BCUT2D eigenvalue weighted by Gasteiger charge is 2.24. The van der Waals surface area contributed by atoms with Gasteiger partial charge in [0.05, 0.1) is 6.26 Å². The van der Waals surface area contributed by atoms with Crippen molar-refractivity contribution in [2.24, 2.45) is 0 Å². The Kier molecular flexibility index (Phi) is 4.61. The number of carbonyl (C=O) groups is 2. The number of anilines is 1. The normalized spacial score (nSPS) is 15.2. The number of hydrogen-bond donors (Lipinski definition) is 2. The topological polar surface area (TPSA) is 74.6 Å². The lowest BCUT2D eigenvalue weighted by atomic mass is 10.1. The Hall–Kier alpha value is -2.76. The Morgan fingerprint density at radius 2 is 1.78 bits per heavy atom. The van der Waals surface area contributed by atoms with Gasteiger partial charge in [0.2, 0.25) is 0 Å². The molecule has 0 radical (unpaired) electrons. The van der Waals surface area contributed by atoms with E-state index in [-0.39, 0.29) is 18.0 Å². The highest BCUT2D eigenvalue weighted by molar-refractivity contribution is 5.91. The molecule has 0 atom stereocenters. The van der Waals surface area contributed by atoms with Crippen molar-refractivity contribution in [3.8, 4) is 0 Å². The van der Waals surface area contributed by atoms with E-state index in [1.807, 2.05) is 30.3 Å². The molecule has 2 aromatic rings. The molecule has 6 heteroatoms. The van der Waals surface area contributed by atoms with Gasteiger partial charge in [0.15, 0.2) is 5.76 Å². The number of likely N-dealkylation sites (tertiary alicyclic amines) is 1. The molecule has 3 rings (SSSR count). The van der Waals surface area contributed by atoms with Crippen LogP contribution >= 0.6 is 0 Å². The summed E-state index contributed by atoms with van der Waals surface area (Å²) in [4.78, 5) is 25.9. The van der Waals surface area contributed by atoms with Crippen LogP contribution in [0.1, 0.15) is 23.4 Å². The van der Waals surface area contributed by atoms with Gasteiger partial charge < -0.3 is 20.0 Å². The molecule has 6 nitrogen and oxygen atoms in total. The standard InChI is InChI=1S/C17H19N3O3/c21-16(15-7-4-12-23-15)18-14-8-10-20(11-9-14)17(22)19-13-5-2-1-3-6-13/h1-7,12,14H,8-11H2,(H,18,21)(H,19,22). The quantitative estimate of drug-likeness (QED) is 0.915. The summed E-state index contributed by atoms with van der Waals surface area (Å²) in [7, 11) is 0. The number of amides is 3. The van der Waals surface area contributed by atoms with Gasteiger partial charge in [-0.15, -0.1) is 0 Å². The van der Waals surface area contributed by atoms with Gasteiger partial charge in [-0.25, -0.2) is 4.79 Å². The summed E-state index contributed by atoms with van der Waals surface area (Å²) in [6.45, 7) is 1.23. The summed E-state index contributed by atoms with van der Waals surface area (Å²) >= 11 is 0. The van der Waals surface area contributed by atoms with Gasteiger partial charge in [-0.3, -0.25) is 4.79 Å². The van der Waals surface area contributed by atoms with Crippen LogP contribution in [-0.4, -0.2) is 36.0 Å². The molecular formula is C17H19N3O3. The number of furan rings is 1. The van der Waals surface area contributed by atoms with E-state index in [0.717, 1.165) is 18.5 Å². The van der Waals surface area contributed by atoms with E-state index in [1.54, 1.807) is 17.0 Å². The molecule has 3 amide bonds. The molecule has 0 saturated carbocycles. The van der Waals surface area contributed by atoms with Crippen LogP contribution in [0.15, 0.2) is 53.1 Å². The van der Waals surface area contributed by atoms with Gasteiger partial charge >= 0.3 is 6.03 Å². The molecule has 2 N–H and O–H groups in total. The number of carbonyl (C=O) groups excluding carboxylic acids is 2. The summed E-state index contributed by atoms with van der Waals surface area (Å²) in [5.74, 6) is 0.108. The molecular weight excluding hydrogens is 294 g/mol. The summed E-state index contributed by atoms with van der Waals surface area (Å²) in [5.41, 5.74) is 0.783. The van der Waals surface area contributed by atoms with Gasteiger partial charge in [-0.05, 0) is 37.1 Å². The molecule has 1 aromatic heterocycles. The maximum absolute atomic E-state index is 12.2. The first-order chi connectivity index (χ1) is 11.2.